The van der Waals surface area contributed by atoms with Crippen molar-refractivity contribution in [3.05, 3.63) is 22.8 Å². The molecule has 0 amide bonds. The molecule has 2 aliphatic carbocycles. The molecule has 0 aromatic carbocycles. The average Bonchev–Trinajstić information content (AvgIpc) is 2.91. The Morgan fingerprint density at radius 1 is 0.926 bits per heavy atom. The van der Waals surface area contributed by atoms with Gasteiger partial charge in [-0.15, -0.1) is 19.3 Å². The maximum Gasteiger partial charge on any atom is 0.381 e. The van der Waals surface area contributed by atoms with Gasteiger partial charge < -0.3 is 15.3 Å². The summed E-state index contributed by atoms with van der Waals surface area (Å²) < 4.78 is 0. The smallest absolute Gasteiger partial charge is 0.381 e. The third kappa shape index (κ3) is 15.3. The van der Waals surface area contributed by atoms with Crippen LogP contribution in [-0.2, 0) is 36.1 Å². The van der Waals surface area contributed by atoms with Gasteiger partial charge in [-0.2, -0.15) is 11.1 Å². The summed E-state index contributed by atoms with van der Waals surface area (Å²) in [7, 11) is 0. The second-order valence-electron chi connectivity index (χ2n) is 5.05. The minimum Gasteiger partial charge on any atom is -0.472 e. The van der Waals surface area contributed by atoms with Crippen LogP contribution in [0.4, 0.5) is 0 Å². The fraction of sp³-hybridized carbons (Fsp3) is 0.350. The Bertz CT molecular complexity index is 653. The topological polar surface area (TPSA) is 112 Å². The number of carboxylic acid groups (broad SMARTS) is 3. The van der Waals surface area contributed by atoms with Crippen molar-refractivity contribution in [3.8, 4) is 37.0 Å². The van der Waals surface area contributed by atoms with Crippen molar-refractivity contribution in [1.82, 2.24) is 0 Å². The van der Waals surface area contributed by atoms with Gasteiger partial charge in [-0.25, -0.2) is 20.0 Å². The minimum atomic E-state index is -1.22. The number of hydrogen-bond acceptors (Lipinski definition) is 3. The summed E-state index contributed by atoms with van der Waals surface area (Å²) in [5, 5.41) is 22.5. The summed E-state index contributed by atoms with van der Waals surface area (Å²) >= 11 is 0. The molecule has 2 rings (SSSR count). The molecular weight excluding hydrogens is 384 g/mol. The first-order valence-electron chi connectivity index (χ1n) is 7.51. The molecule has 1 unspecified atom stereocenters. The molecule has 0 bridgehead atoms. The van der Waals surface area contributed by atoms with Crippen molar-refractivity contribution in [3.63, 3.8) is 0 Å². The monoisotopic (exact) mass is 405 g/mol. The number of hydrogen-bond donors (Lipinski definition) is 3. The molecule has 7 heteroatoms. The molecule has 3 N–H and O–H groups in total. The molecular formula is C20H21O6Ti-. The Balaban J connectivity index is -0.000000311. The Morgan fingerprint density at radius 2 is 1.26 bits per heavy atom. The van der Waals surface area contributed by atoms with Gasteiger partial charge in [0, 0.05) is 39.5 Å². The van der Waals surface area contributed by atoms with Gasteiger partial charge in [0.2, 0.25) is 0 Å². The van der Waals surface area contributed by atoms with Gasteiger partial charge in [-0.05, 0) is 6.42 Å². The molecule has 0 saturated heterocycles. The number of allylic oxidation sites excluding steroid dienone is 4. The van der Waals surface area contributed by atoms with E-state index in [9.17, 15) is 0 Å². The van der Waals surface area contributed by atoms with Crippen LogP contribution in [0.1, 0.15) is 39.5 Å². The maximum atomic E-state index is 9.13. The van der Waals surface area contributed by atoms with Crippen LogP contribution in [0.2, 0.25) is 0 Å². The first-order valence-corrected chi connectivity index (χ1v) is 7.51. The van der Waals surface area contributed by atoms with Crippen molar-refractivity contribution in [2.75, 3.05) is 0 Å². The van der Waals surface area contributed by atoms with Crippen LogP contribution in [0, 0.1) is 49.0 Å². The molecule has 0 spiro atoms. The Morgan fingerprint density at radius 3 is 1.56 bits per heavy atom. The molecule has 0 radical (unpaired) electrons. The first kappa shape index (κ1) is 29.1. The van der Waals surface area contributed by atoms with Gasteiger partial charge in [0.25, 0.3) is 0 Å². The van der Waals surface area contributed by atoms with E-state index in [-0.39, 0.29) is 21.7 Å². The van der Waals surface area contributed by atoms with E-state index >= 15 is 0 Å². The second kappa shape index (κ2) is 16.7. The SMILES string of the molecule is C#CC(=O)O.C#CC(=O)O.C#CC(=O)O.CC1=[C-]C(C)C2=C1CCCC2.[Ti]. The predicted octanol–water partition coefficient (Wildman–Crippen LogP) is 2.37. The van der Waals surface area contributed by atoms with Gasteiger partial charge in [0.1, 0.15) is 0 Å². The fourth-order valence-electron chi connectivity index (χ4n) is 2.33. The van der Waals surface area contributed by atoms with Crippen LogP contribution >= 0.6 is 0 Å². The van der Waals surface area contributed by atoms with Crippen LogP contribution in [0.15, 0.2) is 16.7 Å². The number of terminal acetylenes is 3. The summed E-state index contributed by atoms with van der Waals surface area (Å²) in [4.78, 5) is 27.4. The van der Waals surface area contributed by atoms with Crippen molar-refractivity contribution in [1.29, 1.82) is 0 Å². The molecule has 0 heterocycles. The van der Waals surface area contributed by atoms with Crippen LogP contribution in [0.5, 0.6) is 0 Å². The van der Waals surface area contributed by atoms with E-state index in [1.807, 2.05) is 0 Å². The van der Waals surface area contributed by atoms with Crippen LogP contribution in [0.3, 0.4) is 0 Å². The van der Waals surface area contributed by atoms with E-state index in [4.69, 9.17) is 29.7 Å². The molecule has 6 nitrogen and oxygen atoms in total. The molecule has 0 aromatic heterocycles. The molecule has 0 aliphatic heterocycles. The van der Waals surface area contributed by atoms with Crippen LogP contribution < -0.4 is 0 Å². The summed E-state index contributed by atoms with van der Waals surface area (Å²) in [6.07, 6.45) is 21.9. The molecule has 0 aromatic rings. The Hall–Kier alpha value is -2.72. The maximum absolute atomic E-state index is 9.13. The van der Waals surface area contributed by atoms with E-state index in [0.29, 0.717) is 5.92 Å². The second-order valence-corrected chi connectivity index (χ2v) is 5.05. The largest absolute Gasteiger partial charge is 0.472 e. The van der Waals surface area contributed by atoms with E-state index in [1.54, 1.807) is 11.1 Å². The summed E-state index contributed by atoms with van der Waals surface area (Å²) in [5.41, 5.74) is 4.77. The van der Waals surface area contributed by atoms with Gasteiger partial charge in [0.15, 0.2) is 0 Å². The third-order valence-corrected chi connectivity index (χ3v) is 3.29. The van der Waals surface area contributed by atoms with Crippen molar-refractivity contribution in [2.45, 2.75) is 39.5 Å². The number of carbonyl (C=O) groups is 3. The molecule has 142 valence electrons. The van der Waals surface area contributed by atoms with Gasteiger partial charge in [-0.3, -0.25) is 6.08 Å². The molecule has 27 heavy (non-hydrogen) atoms. The number of rotatable bonds is 0. The Kier molecular flexibility index (Phi) is 18.0. The number of carboxylic acids is 3. The van der Waals surface area contributed by atoms with Crippen molar-refractivity contribution < 1.29 is 51.4 Å². The van der Waals surface area contributed by atoms with E-state index in [2.05, 4.69) is 39.2 Å². The zero-order valence-electron chi connectivity index (χ0n) is 15.2. The first-order chi connectivity index (χ1) is 12.1. The number of aliphatic carboxylic acids is 3. The zero-order valence-corrected chi connectivity index (χ0v) is 16.8. The Labute approximate surface area is 174 Å². The molecule has 0 saturated carbocycles. The van der Waals surface area contributed by atoms with E-state index < -0.39 is 17.9 Å². The quantitative estimate of drug-likeness (QED) is 0.324. The average molecular weight is 405 g/mol. The normalized spacial score (nSPS) is 15.4. The molecule has 0 fully saturated rings. The minimum absolute atomic E-state index is 0. The van der Waals surface area contributed by atoms with Crippen LogP contribution in [-0.4, -0.2) is 33.2 Å². The van der Waals surface area contributed by atoms with Crippen molar-refractivity contribution >= 4 is 17.9 Å². The molecule has 1 atom stereocenters. The summed E-state index contributed by atoms with van der Waals surface area (Å²) in [6.45, 7) is 4.49. The summed E-state index contributed by atoms with van der Waals surface area (Å²) in [6, 6.07) is 0. The predicted molar refractivity (Wildman–Crippen MR) is 96.5 cm³/mol. The van der Waals surface area contributed by atoms with Crippen molar-refractivity contribution in [2.24, 2.45) is 5.92 Å². The zero-order chi connectivity index (χ0) is 20.7. The fourth-order valence-corrected chi connectivity index (χ4v) is 2.33. The van der Waals surface area contributed by atoms with Crippen LogP contribution in [0.25, 0.3) is 0 Å². The van der Waals surface area contributed by atoms with Gasteiger partial charge in [0.05, 0.1) is 0 Å². The van der Waals surface area contributed by atoms with Gasteiger partial charge in [-0.1, -0.05) is 39.0 Å². The third-order valence-electron chi connectivity index (χ3n) is 3.29. The van der Waals surface area contributed by atoms with E-state index in [1.165, 1.54) is 49.0 Å². The van der Waals surface area contributed by atoms with E-state index in [0.717, 1.165) is 0 Å². The molecule has 2 aliphatic rings. The standard InChI is InChI=1S/C11H15.3C3H2O2.Ti/c1-8-7-9(2)11-6-4-3-5-10(8)11;3*1-2-3(4)5;/h8H,3-6H2,1-2H3;3*1H,(H,4,5);/q-1;;;;. The van der Waals surface area contributed by atoms with Gasteiger partial charge >= 0.3 is 17.9 Å². The summed E-state index contributed by atoms with van der Waals surface area (Å²) in [5.74, 6) is 1.31.